The number of hydrogen-bond donors (Lipinski definition) is 2. The predicted octanol–water partition coefficient (Wildman–Crippen LogP) is 1.36. The van der Waals surface area contributed by atoms with E-state index in [0.29, 0.717) is 13.0 Å². The minimum atomic E-state index is 0.0538. The lowest BCUT2D eigenvalue weighted by atomic mass is 10.1. The SMILES string of the molecule is Cc1nn(C)c(C)c1CC(=O)NCCCc1cn[nH]c1C. The Kier molecular flexibility index (Phi) is 4.77. The first kappa shape index (κ1) is 15.3. The molecule has 2 heterocycles. The van der Waals surface area contributed by atoms with Crippen LogP contribution in [0, 0.1) is 20.8 Å². The maximum Gasteiger partial charge on any atom is 0.224 e. The van der Waals surface area contributed by atoms with Crippen molar-refractivity contribution < 1.29 is 4.79 Å². The van der Waals surface area contributed by atoms with Gasteiger partial charge in [0.05, 0.1) is 18.3 Å². The summed E-state index contributed by atoms with van der Waals surface area (Å²) in [5.74, 6) is 0.0538. The van der Waals surface area contributed by atoms with Crippen LogP contribution in [-0.4, -0.2) is 32.4 Å². The lowest BCUT2D eigenvalue weighted by Crippen LogP contribution is -2.26. The molecule has 0 radical (unpaired) electrons. The zero-order chi connectivity index (χ0) is 15.4. The van der Waals surface area contributed by atoms with Crippen LogP contribution >= 0.6 is 0 Å². The minimum Gasteiger partial charge on any atom is -0.356 e. The van der Waals surface area contributed by atoms with Crippen molar-refractivity contribution in [2.75, 3.05) is 6.54 Å². The number of H-pyrrole nitrogens is 1. The number of nitrogens with one attached hydrogen (secondary N) is 2. The van der Waals surface area contributed by atoms with Gasteiger partial charge in [-0.25, -0.2) is 0 Å². The van der Waals surface area contributed by atoms with Gasteiger partial charge in [0.15, 0.2) is 0 Å². The Balaban J connectivity index is 1.76. The smallest absolute Gasteiger partial charge is 0.224 e. The monoisotopic (exact) mass is 289 g/mol. The quantitative estimate of drug-likeness (QED) is 0.788. The number of aromatic amines is 1. The number of nitrogens with zero attached hydrogens (tertiary/aromatic N) is 3. The molecule has 2 N–H and O–H groups in total. The Bertz CT molecular complexity index is 626. The van der Waals surface area contributed by atoms with E-state index in [1.54, 1.807) is 0 Å². The molecule has 1 amide bonds. The Morgan fingerprint density at radius 2 is 2.14 bits per heavy atom. The fourth-order valence-electron chi connectivity index (χ4n) is 2.43. The van der Waals surface area contributed by atoms with E-state index in [0.717, 1.165) is 35.5 Å². The van der Waals surface area contributed by atoms with Gasteiger partial charge in [-0.15, -0.1) is 0 Å². The highest BCUT2D eigenvalue weighted by atomic mass is 16.1. The summed E-state index contributed by atoms with van der Waals surface area (Å²) in [6.07, 6.45) is 4.08. The summed E-state index contributed by atoms with van der Waals surface area (Å²) >= 11 is 0. The van der Waals surface area contributed by atoms with E-state index in [-0.39, 0.29) is 5.91 Å². The largest absolute Gasteiger partial charge is 0.356 e. The number of amides is 1. The van der Waals surface area contributed by atoms with Crippen molar-refractivity contribution in [1.82, 2.24) is 25.3 Å². The van der Waals surface area contributed by atoms with Crippen LogP contribution in [0.5, 0.6) is 0 Å². The molecule has 6 nitrogen and oxygen atoms in total. The van der Waals surface area contributed by atoms with Gasteiger partial charge in [-0.2, -0.15) is 10.2 Å². The van der Waals surface area contributed by atoms with E-state index in [4.69, 9.17) is 0 Å². The van der Waals surface area contributed by atoms with Crippen molar-refractivity contribution in [3.05, 3.63) is 34.4 Å². The first-order valence-corrected chi connectivity index (χ1v) is 7.23. The third-order valence-electron chi connectivity index (χ3n) is 3.88. The molecular formula is C15H23N5O. The van der Waals surface area contributed by atoms with E-state index in [1.807, 2.05) is 38.7 Å². The molecule has 0 unspecified atom stereocenters. The standard InChI is InChI=1S/C15H23N5O/c1-10-13(9-17-18-10)6-5-7-16-15(21)8-14-11(2)19-20(4)12(14)3/h9H,5-8H2,1-4H3,(H,16,21)(H,17,18). The summed E-state index contributed by atoms with van der Waals surface area (Å²) in [6, 6.07) is 0. The van der Waals surface area contributed by atoms with Crippen molar-refractivity contribution in [2.24, 2.45) is 7.05 Å². The second-order valence-electron chi connectivity index (χ2n) is 5.42. The third-order valence-corrected chi connectivity index (χ3v) is 3.88. The molecule has 0 aliphatic carbocycles. The molecule has 0 aliphatic heterocycles. The highest BCUT2D eigenvalue weighted by Crippen LogP contribution is 2.12. The van der Waals surface area contributed by atoms with Gasteiger partial charge in [0.2, 0.25) is 5.91 Å². The van der Waals surface area contributed by atoms with Crippen LogP contribution < -0.4 is 5.32 Å². The maximum atomic E-state index is 12.0. The summed E-state index contributed by atoms with van der Waals surface area (Å²) in [5.41, 5.74) is 5.32. The van der Waals surface area contributed by atoms with Crippen molar-refractivity contribution in [2.45, 2.75) is 40.0 Å². The lowest BCUT2D eigenvalue weighted by molar-refractivity contribution is -0.120. The first-order chi connectivity index (χ1) is 9.99. The van der Waals surface area contributed by atoms with Crippen LogP contribution in [0.3, 0.4) is 0 Å². The van der Waals surface area contributed by atoms with E-state index in [1.165, 1.54) is 5.56 Å². The van der Waals surface area contributed by atoms with Gasteiger partial charge >= 0.3 is 0 Å². The third kappa shape index (κ3) is 3.71. The fraction of sp³-hybridized carbons (Fsp3) is 0.533. The predicted molar refractivity (Wildman–Crippen MR) is 81.0 cm³/mol. The van der Waals surface area contributed by atoms with Gasteiger partial charge in [0, 0.05) is 30.5 Å². The van der Waals surface area contributed by atoms with E-state index >= 15 is 0 Å². The van der Waals surface area contributed by atoms with Crippen LogP contribution in [0.4, 0.5) is 0 Å². The second-order valence-corrected chi connectivity index (χ2v) is 5.42. The Morgan fingerprint density at radius 1 is 1.38 bits per heavy atom. The van der Waals surface area contributed by atoms with Crippen molar-refractivity contribution in [3.8, 4) is 0 Å². The van der Waals surface area contributed by atoms with Gasteiger partial charge in [-0.1, -0.05) is 0 Å². The van der Waals surface area contributed by atoms with E-state index in [9.17, 15) is 4.79 Å². The molecule has 2 aromatic heterocycles. The van der Waals surface area contributed by atoms with Crippen molar-refractivity contribution in [3.63, 3.8) is 0 Å². The molecule has 0 atom stereocenters. The van der Waals surface area contributed by atoms with Gasteiger partial charge in [0.1, 0.15) is 0 Å². The minimum absolute atomic E-state index is 0.0538. The molecule has 2 rings (SSSR count). The molecule has 2 aromatic rings. The molecule has 0 fully saturated rings. The zero-order valence-corrected chi connectivity index (χ0v) is 13.2. The number of carbonyl (C=O) groups excluding carboxylic acids is 1. The first-order valence-electron chi connectivity index (χ1n) is 7.23. The molecule has 0 spiro atoms. The Labute approximate surface area is 124 Å². The number of aromatic nitrogens is 4. The van der Waals surface area contributed by atoms with Crippen LogP contribution in [0.25, 0.3) is 0 Å². The topological polar surface area (TPSA) is 75.6 Å². The van der Waals surface area contributed by atoms with Crippen LogP contribution in [-0.2, 0) is 24.7 Å². The van der Waals surface area contributed by atoms with Crippen molar-refractivity contribution in [1.29, 1.82) is 0 Å². The van der Waals surface area contributed by atoms with Gasteiger partial charge in [0.25, 0.3) is 0 Å². The molecule has 0 aliphatic rings. The summed E-state index contributed by atoms with van der Waals surface area (Å²) in [4.78, 5) is 12.0. The van der Waals surface area contributed by atoms with Crippen LogP contribution in [0.2, 0.25) is 0 Å². The Hall–Kier alpha value is -2.11. The molecule has 114 valence electrons. The number of hydrogen-bond acceptors (Lipinski definition) is 3. The fourth-order valence-corrected chi connectivity index (χ4v) is 2.43. The molecule has 0 bridgehead atoms. The van der Waals surface area contributed by atoms with Crippen molar-refractivity contribution >= 4 is 5.91 Å². The molecular weight excluding hydrogens is 266 g/mol. The average Bonchev–Trinajstić information content (AvgIpc) is 2.94. The summed E-state index contributed by atoms with van der Waals surface area (Å²) in [5, 5.41) is 14.2. The molecule has 0 aromatic carbocycles. The number of carbonyl (C=O) groups is 1. The molecule has 0 saturated heterocycles. The molecule has 21 heavy (non-hydrogen) atoms. The highest BCUT2D eigenvalue weighted by Gasteiger charge is 2.13. The van der Waals surface area contributed by atoms with Gasteiger partial charge < -0.3 is 5.32 Å². The molecule has 0 saturated carbocycles. The zero-order valence-electron chi connectivity index (χ0n) is 13.2. The van der Waals surface area contributed by atoms with Gasteiger partial charge in [-0.05, 0) is 39.2 Å². The Morgan fingerprint density at radius 3 is 2.71 bits per heavy atom. The average molecular weight is 289 g/mol. The number of aryl methyl sites for hydroxylation is 4. The van der Waals surface area contributed by atoms with E-state index < -0.39 is 0 Å². The summed E-state index contributed by atoms with van der Waals surface area (Å²) in [7, 11) is 1.90. The summed E-state index contributed by atoms with van der Waals surface area (Å²) < 4.78 is 1.82. The maximum absolute atomic E-state index is 12.0. The normalized spacial score (nSPS) is 10.9. The van der Waals surface area contributed by atoms with Gasteiger partial charge in [-0.3, -0.25) is 14.6 Å². The molecule has 6 heteroatoms. The second kappa shape index (κ2) is 6.56. The van der Waals surface area contributed by atoms with Crippen LogP contribution in [0.1, 0.15) is 34.6 Å². The highest BCUT2D eigenvalue weighted by molar-refractivity contribution is 5.79. The number of rotatable bonds is 6. The lowest BCUT2D eigenvalue weighted by Gasteiger charge is -2.05. The van der Waals surface area contributed by atoms with E-state index in [2.05, 4.69) is 20.6 Å². The summed E-state index contributed by atoms with van der Waals surface area (Å²) in [6.45, 7) is 6.62. The van der Waals surface area contributed by atoms with Crippen LogP contribution in [0.15, 0.2) is 6.20 Å².